The highest BCUT2D eigenvalue weighted by Crippen LogP contribution is 2.17. The minimum Gasteiger partial charge on any atom is -0.353 e. The Kier molecular flexibility index (Phi) is 4.46. The molecule has 0 saturated carbocycles. The van der Waals surface area contributed by atoms with Crippen LogP contribution in [0.1, 0.15) is 0 Å². The minimum atomic E-state index is -0.467. The van der Waals surface area contributed by atoms with E-state index in [2.05, 4.69) is 10.3 Å². The van der Waals surface area contributed by atoms with E-state index in [1.807, 2.05) is 4.90 Å². The van der Waals surface area contributed by atoms with Gasteiger partial charge < -0.3 is 15.1 Å². The second kappa shape index (κ2) is 6.29. The zero-order valence-electron chi connectivity index (χ0n) is 11.3. The van der Waals surface area contributed by atoms with Gasteiger partial charge in [-0.15, -0.1) is 0 Å². The molecule has 0 atom stereocenters. The molecule has 0 unspecified atom stereocenters. The van der Waals surface area contributed by atoms with Crippen LogP contribution in [0.2, 0.25) is 0 Å². The maximum Gasteiger partial charge on any atom is 0.287 e. The smallest absolute Gasteiger partial charge is 0.287 e. The summed E-state index contributed by atoms with van der Waals surface area (Å²) in [5.41, 5.74) is -0.0171. The van der Waals surface area contributed by atoms with Gasteiger partial charge in [0, 0.05) is 32.2 Å². The molecule has 1 saturated heterocycles. The van der Waals surface area contributed by atoms with Gasteiger partial charge in [-0.3, -0.25) is 14.9 Å². The number of amides is 1. The Morgan fingerprint density at radius 1 is 1.40 bits per heavy atom. The third-order valence-electron chi connectivity index (χ3n) is 3.23. The van der Waals surface area contributed by atoms with Crippen LogP contribution in [0.4, 0.5) is 11.5 Å². The van der Waals surface area contributed by atoms with Gasteiger partial charge in [0.15, 0.2) is 0 Å². The normalized spacial score (nSPS) is 15.2. The number of piperazine rings is 1. The lowest BCUT2D eigenvalue weighted by molar-refractivity contribution is -0.385. The van der Waals surface area contributed by atoms with Crippen molar-refractivity contribution in [1.29, 1.82) is 0 Å². The molecule has 108 valence electrons. The SMILES string of the molecule is CNCC(=O)N1CCN(c2ccc([N+](=O)[O-])cn2)CC1. The Morgan fingerprint density at radius 3 is 2.60 bits per heavy atom. The molecule has 1 aliphatic rings. The van der Waals surface area contributed by atoms with E-state index in [4.69, 9.17) is 0 Å². The molecule has 0 aliphatic carbocycles. The number of nitrogens with zero attached hydrogens (tertiary/aromatic N) is 4. The van der Waals surface area contributed by atoms with Crippen molar-refractivity contribution in [3.8, 4) is 0 Å². The van der Waals surface area contributed by atoms with Gasteiger partial charge in [0.2, 0.25) is 5.91 Å². The molecule has 0 aromatic carbocycles. The monoisotopic (exact) mass is 279 g/mol. The number of carbonyl (C=O) groups is 1. The standard InChI is InChI=1S/C12H17N5O3/c1-13-9-12(18)16-6-4-15(5-7-16)11-3-2-10(8-14-11)17(19)20/h2-3,8,13H,4-7,9H2,1H3. The first-order valence-corrected chi connectivity index (χ1v) is 6.39. The van der Waals surface area contributed by atoms with Crippen molar-refractivity contribution >= 4 is 17.4 Å². The summed E-state index contributed by atoms with van der Waals surface area (Å²) in [5.74, 6) is 0.792. The second-order valence-corrected chi connectivity index (χ2v) is 4.53. The summed E-state index contributed by atoms with van der Waals surface area (Å²) in [7, 11) is 1.74. The molecule has 20 heavy (non-hydrogen) atoms. The predicted molar refractivity (Wildman–Crippen MR) is 73.6 cm³/mol. The fourth-order valence-corrected chi connectivity index (χ4v) is 2.12. The minimum absolute atomic E-state index is 0.0171. The summed E-state index contributed by atoms with van der Waals surface area (Å²) >= 11 is 0. The highest BCUT2D eigenvalue weighted by atomic mass is 16.6. The molecule has 1 aromatic rings. The van der Waals surface area contributed by atoms with Crippen LogP contribution < -0.4 is 10.2 Å². The number of aromatic nitrogens is 1. The molecule has 1 fully saturated rings. The van der Waals surface area contributed by atoms with Gasteiger partial charge >= 0.3 is 0 Å². The number of pyridine rings is 1. The van der Waals surface area contributed by atoms with E-state index in [1.165, 1.54) is 12.3 Å². The number of anilines is 1. The van der Waals surface area contributed by atoms with Gasteiger partial charge in [-0.1, -0.05) is 0 Å². The fourth-order valence-electron chi connectivity index (χ4n) is 2.12. The van der Waals surface area contributed by atoms with E-state index < -0.39 is 4.92 Å². The molecule has 1 aromatic heterocycles. The third kappa shape index (κ3) is 3.21. The largest absolute Gasteiger partial charge is 0.353 e. The molecule has 1 aliphatic heterocycles. The van der Waals surface area contributed by atoms with Crippen LogP contribution >= 0.6 is 0 Å². The maximum absolute atomic E-state index is 11.7. The van der Waals surface area contributed by atoms with E-state index >= 15 is 0 Å². The second-order valence-electron chi connectivity index (χ2n) is 4.53. The summed E-state index contributed by atoms with van der Waals surface area (Å²) in [5, 5.41) is 13.4. The summed E-state index contributed by atoms with van der Waals surface area (Å²) in [6.45, 7) is 2.98. The van der Waals surface area contributed by atoms with Crippen LogP contribution in [-0.4, -0.2) is 60.5 Å². The summed E-state index contributed by atoms with van der Waals surface area (Å²) < 4.78 is 0. The topological polar surface area (TPSA) is 91.6 Å². The van der Waals surface area contributed by atoms with E-state index in [0.29, 0.717) is 38.5 Å². The molecular formula is C12H17N5O3. The lowest BCUT2D eigenvalue weighted by atomic mass is 10.3. The van der Waals surface area contributed by atoms with Crippen LogP contribution in [0.15, 0.2) is 18.3 Å². The average molecular weight is 279 g/mol. The van der Waals surface area contributed by atoms with Gasteiger partial charge in [-0.25, -0.2) is 4.98 Å². The maximum atomic E-state index is 11.7. The van der Waals surface area contributed by atoms with Crippen molar-refractivity contribution < 1.29 is 9.72 Å². The molecule has 8 heteroatoms. The summed E-state index contributed by atoms with van der Waals surface area (Å²) in [4.78, 5) is 29.7. The number of rotatable bonds is 4. The zero-order chi connectivity index (χ0) is 14.5. The first-order valence-electron chi connectivity index (χ1n) is 6.39. The Labute approximate surface area is 116 Å². The number of hydrogen-bond acceptors (Lipinski definition) is 6. The lowest BCUT2D eigenvalue weighted by Crippen LogP contribution is -2.50. The van der Waals surface area contributed by atoms with Crippen LogP contribution in [-0.2, 0) is 4.79 Å². The molecule has 1 amide bonds. The van der Waals surface area contributed by atoms with Crippen molar-refractivity contribution in [3.63, 3.8) is 0 Å². The first kappa shape index (κ1) is 14.2. The first-order chi connectivity index (χ1) is 9.61. The zero-order valence-corrected chi connectivity index (χ0v) is 11.3. The van der Waals surface area contributed by atoms with Crippen LogP contribution in [0.25, 0.3) is 0 Å². The molecule has 0 bridgehead atoms. The van der Waals surface area contributed by atoms with Crippen LogP contribution in [0.5, 0.6) is 0 Å². The van der Waals surface area contributed by atoms with Crippen molar-refractivity contribution in [2.75, 3.05) is 44.7 Å². The molecule has 8 nitrogen and oxygen atoms in total. The van der Waals surface area contributed by atoms with Gasteiger partial charge in [0.25, 0.3) is 5.69 Å². The molecule has 2 heterocycles. The fraction of sp³-hybridized carbons (Fsp3) is 0.500. The van der Waals surface area contributed by atoms with E-state index in [-0.39, 0.29) is 11.6 Å². The molecule has 0 spiro atoms. The van der Waals surface area contributed by atoms with Crippen molar-refractivity contribution in [2.45, 2.75) is 0 Å². The number of carbonyl (C=O) groups excluding carboxylic acids is 1. The highest BCUT2D eigenvalue weighted by Gasteiger charge is 2.21. The Hall–Kier alpha value is -2.22. The number of nitrogens with one attached hydrogen (secondary N) is 1. The van der Waals surface area contributed by atoms with Crippen molar-refractivity contribution in [3.05, 3.63) is 28.4 Å². The van der Waals surface area contributed by atoms with Gasteiger partial charge in [0.1, 0.15) is 12.0 Å². The van der Waals surface area contributed by atoms with Gasteiger partial charge in [-0.2, -0.15) is 0 Å². The average Bonchev–Trinajstić information content (AvgIpc) is 2.48. The van der Waals surface area contributed by atoms with E-state index in [9.17, 15) is 14.9 Å². The molecular weight excluding hydrogens is 262 g/mol. The highest BCUT2D eigenvalue weighted by molar-refractivity contribution is 5.78. The third-order valence-corrected chi connectivity index (χ3v) is 3.23. The summed E-state index contributed by atoms with van der Waals surface area (Å²) in [6, 6.07) is 3.09. The number of hydrogen-bond donors (Lipinski definition) is 1. The van der Waals surface area contributed by atoms with E-state index in [0.717, 1.165) is 0 Å². The van der Waals surface area contributed by atoms with Crippen LogP contribution in [0, 0.1) is 10.1 Å². The Balaban J connectivity index is 1.93. The Morgan fingerprint density at radius 2 is 2.10 bits per heavy atom. The van der Waals surface area contributed by atoms with Crippen LogP contribution in [0.3, 0.4) is 0 Å². The van der Waals surface area contributed by atoms with Gasteiger partial charge in [0.05, 0.1) is 11.5 Å². The van der Waals surface area contributed by atoms with Gasteiger partial charge in [-0.05, 0) is 13.1 Å². The van der Waals surface area contributed by atoms with E-state index in [1.54, 1.807) is 18.0 Å². The molecule has 0 radical (unpaired) electrons. The Bertz CT molecular complexity index is 482. The van der Waals surface area contributed by atoms with Crippen molar-refractivity contribution in [1.82, 2.24) is 15.2 Å². The van der Waals surface area contributed by atoms with Crippen molar-refractivity contribution in [2.24, 2.45) is 0 Å². The molecule has 2 rings (SSSR count). The summed E-state index contributed by atoms with van der Waals surface area (Å²) in [6.07, 6.45) is 1.26. The number of nitro groups is 1. The number of likely N-dealkylation sites (N-methyl/N-ethyl adjacent to an activating group) is 1. The molecule has 1 N–H and O–H groups in total. The lowest BCUT2D eigenvalue weighted by Gasteiger charge is -2.35. The predicted octanol–water partition coefficient (Wildman–Crippen LogP) is -0.142. The quantitative estimate of drug-likeness (QED) is 0.609.